The van der Waals surface area contributed by atoms with Crippen LogP contribution in [0.5, 0.6) is 0 Å². The number of amides is 4. The number of hydrogen-bond donors (Lipinski definition) is 2. The number of benzene rings is 4. The molecule has 5 rings (SSSR count). The molecule has 0 radical (unpaired) electrons. The first-order valence-electron chi connectivity index (χ1n) is 14.6. The van der Waals surface area contributed by atoms with Crippen molar-refractivity contribution in [3.8, 4) is 0 Å². The molecule has 1 fully saturated rings. The Morgan fingerprint density at radius 2 is 1.54 bits per heavy atom. The van der Waals surface area contributed by atoms with Gasteiger partial charge in [-0.15, -0.1) is 11.8 Å². The SMILES string of the molecule is CCOC(=O)c1ccc(N2C(=O)CC(Sc3ccc(NC(=O)/C(=C/c4ccc(C)cc4)NC(=O)c4ccccc4)cc3)C2=O)cc1. The molecule has 1 aliphatic heterocycles. The Hall–Kier alpha value is -5.48. The van der Waals surface area contributed by atoms with Crippen LogP contribution in [0.1, 0.15) is 45.2 Å². The van der Waals surface area contributed by atoms with Crippen LogP contribution >= 0.6 is 11.8 Å². The van der Waals surface area contributed by atoms with E-state index in [0.717, 1.165) is 20.9 Å². The third-order valence-corrected chi connectivity index (χ3v) is 8.25. The van der Waals surface area contributed by atoms with E-state index in [1.807, 2.05) is 31.2 Å². The maximum Gasteiger partial charge on any atom is 0.338 e. The van der Waals surface area contributed by atoms with Crippen LogP contribution in [0.2, 0.25) is 0 Å². The number of carbonyl (C=O) groups is 5. The summed E-state index contributed by atoms with van der Waals surface area (Å²) in [6.07, 6.45) is 1.63. The summed E-state index contributed by atoms with van der Waals surface area (Å²) in [6.45, 7) is 3.92. The molecule has 4 aromatic carbocycles. The highest BCUT2D eigenvalue weighted by molar-refractivity contribution is 8.00. The number of esters is 1. The predicted molar refractivity (Wildman–Crippen MR) is 177 cm³/mol. The molecule has 1 atom stereocenters. The lowest BCUT2D eigenvalue weighted by Gasteiger charge is -2.15. The van der Waals surface area contributed by atoms with Crippen LogP contribution in [0.4, 0.5) is 11.4 Å². The summed E-state index contributed by atoms with van der Waals surface area (Å²) >= 11 is 1.25. The fourth-order valence-corrected chi connectivity index (χ4v) is 5.73. The highest BCUT2D eigenvalue weighted by atomic mass is 32.2. The molecule has 10 heteroatoms. The monoisotopic (exact) mass is 633 g/mol. The maximum absolute atomic E-state index is 13.3. The zero-order chi connectivity index (χ0) is 32.6. The number of rotatable bonds is 10. The molecule has 4 amide bonds. The van der Waals surface area contributed by atoms with Gasteiger partial charge < -0.3 is 15.4 Å². The number of anilines is 2. The van der Waals surface area contributed by atoms with Gasteiger partial charge in [-0.3, -0.25) is 19.2 Å². The minimum absolute atomic E-state index is 0.0237. The van der Waals surface area contributed by atoms with E-state index in [2.05, 4.69) is 10.6 Å². The normalized spacial score (nSPS) is 14.6. The van der Waals surface area contributed by atoms with Crippen LogP contribution in [0.15, 0.2) is 114 Å². The van der Waals surface area contributed by atoms with E-state index >= 15 is 0 Å². The Bertz CT molecular complexity index is 1790. The van der Waals surface area contributed by atoms with Crippen LogP contribution in [-0.4, -0.2) is 41.5 Å². The van der Waals surface area contributed by atoms with Crippen molar-refractivity contribution in [2.75, 3.05) is 16.8 Å². The van der Waals surface area contributed by atoms with Crippen molar-refractivity contribution >= 4 is 58.8 Å². The largest absolute Gasteiger partial charge is 0.462 e. The smallest absolute Gasteiger partial charge is 0.338 e. The zero-order valence-corrected chi connectivity index (χ0v) is 26.0. The van der Waals surface area contributed by atoms with E-state index in [1.54, 1.807) is 79.7 Å². The van der Waals surface area contributed by atoms with Crippen LogP contribution in [0.3, 0.4) is 0 Å². The van der Waals surface area contributed by atoms with Gasteiger partial charge in [0, 0.05) is 22.6 Å². The van der Waals surface area contributed by atoms with Crippen molar-refractivity contribution < 1.29 is 28.7 Å². The lowest BCUT2D eigenvalue weighted by molar-refractivity contribution is -0.121. The summed E-state index contributed by atoms with van der Waals surface area (Å²) in [5, 5.41) is 4.92. The van der Waals surface area contributed by atoms with Crippen molar-refractivity contribution in [3.63, 3.8) is 0 Å². The molecule has 0 aliphatic carbocycles. The zero-order valence-electron chi connectivity index (χ0n) is 25.2. The van der Waals surface area contributed by atoms with E-state index in [9.17, 15) is 24.0 Å². The summed E-state index contributed by atoms with van der Waals surface area (Å²) in [4.78, 5) is 66.0. The molecule has 1 saturated heterocycles. The fourth-order valence-electron chi connectivity index (χ4n) is 4.68. The Balaban J connectivity index is 1.25. The minimum atomic E-state index is -0.630. The number of thioether (sulfide) groups is 1. The van der Waals surface area contributed by atoms with Crippen molar-refractivity contribution in [1.82, 2.24) is 5.32 Å². The first kappa shape index (κ1) is 31.9. The topological polar surface area (TPSA) is 122 Å². The second kappa shape index (κ2) is 14.5. The average Bonchev–Trinajstić information content (AvgIpc) is 3.34. The third kappa shape index (κ3) is 7.77. The Morgan fingerprint density at radius 3 is 2.20 bits per heavy atom. The van der Waals surface area contributed by atoms with Crippen LogP contribution in [0.25, 0.3) is 6.08 Å². The molecule has 0 aromatic heterocycles. The van der Waals surface area contributed by atoms with Crippen LogP contribution < -0.4 is 15.5 Å². The minimum Gasteiger partial charge on any atom is -0.462 e. The molecular formula is C36H31N3O6S. The van der Waals surface area contributed by atoms with Gasteiger partial charge in [-0.25, -0.2) is 9.69 Å². The van der Waals surface area contributed by atoms with Gasteiger partial charge in [-0.2, -0.15) is 0 Å². The van der Waals surface area contributed by atoms with Gasteiger partial charge in [0.25, 0.3) is 11.8 Å². The van der Waals surface area contributed by atoms with Gasteiger partial charge in [0.1, 0.15) is 5.70 Å². The van der Waals surface area contributed by atoms with E-state index in [4.69, 9.17) is 4.74 Å². The van der Waals surface area contributed by atoms with Crippen molar-refractivity contribution in [2.24, 2.45) is 0 Å². The molecule has 0 saturated carbocycles. The number of carbonyl (C=O) groups excluding carboxylic acids is 5. The highest BCUT2D eigenvalue weighted by Crippen LogP contribution is 2.34. The van der Waals surface area contributed by atoms with E-state index < -0.39 is 23.0 Å². The van der Waals surface area contributed by atoms with Gasteiger partial charge in [0.05, 0.1) is 23.1 Å². The average molecular weight is 634 g/mol. The van der Waals surface area contributed by atoms with Crippen LogP contribution in [0, 0.1) is 6.92 Å². The Labute approximate surface area is 270 Å². The summed E-state index contributed by atoms with van der Waals surface area (Å²) in [6, 6.07) is 29.2. The molecule has 9 nitrogen and oxygen atoms in total. The molecule has 232 valence electrons. The van der Waals surface area contributed by atoms with Gasteiger partial charge in [-0.05, 0) is 86.2 Å². The molecule has 46 heavy (non-hydrogen) atoms. The first-order valence-corrected chi connectivity index (χ1v) is 15.5. The lowest BCUT2D eigenvalue weighted by atomic mass is 10.1. The Morgan fingerprint density at radius 1 is 0.870 bits per heavy atom. The number of ether oxygens (including phenoxy) is 1. The summed E-state index contributed by atoms with van der Waals surface area (Å²) in [5.74, 6) is -2.08. The van der Waals surface area contributed by atoms with E-state index in [-0.39, 0.29) is 30.5 Å². The number of nitrogens with zero attached hydrogens (tertiary/aromatic N) is 1. The molecule has 0 spiro atoms. The fraction of sp³-hybridized carbons (Fsp3) is 0.139. The van der Waals surface area contributed by atoms with Crippen molar-refractivity contribution in [3.05, 3.63) is 131 Å². The summed E-state index contributed by atoms with van der Waals surface area (Å²) in [5.41, 5.74) is 3.50. The van der Waals surface area contributed by atoms with Gasteiger partial charge >= 0.3 is 5.97 Å². The number of nitrogens with one attached hydrogen (secondary N) is 2. The third-order valence-electron chi connectivity index (χ3n) is 7.05. The quantitative estimate of drug-likeness (QED) is 0.125. The first-order chi connectivity index (χ1) is 22.2. The summed E-state index contributed by atoms with van der Waals surface area (Å²) < 4.78 is 4.99. The molecule has 1 unspecified atom stereocenters. The maximum atomic E-state index is 13.3. The van der Waals surface area contributed by atoms with Crippen LogP contribution in [-0.2, 0) is 19.1 Å². The second-order valence-corrected chi connectivity index (χ2v) is 11.7. The van der Waals surface area contributed by atoms with E-state index in [0.29, 0.717) is 22.5 Å². The molecular weight excluding hydrogens is 602 g/mol. The van der Waals surface area contributed by atoms with Gasteiger partial charge in [0.2, 0.25) is 11.8 Å². The van der Waals surface area contributed by atoms with Crippen molar-refractivity contribution in [2.45, 2.75) is 30.4 Å². The molecule has 0 bridgehead atoms. The van der Waals surface area contributed by atoms with Gasteiger partial charge in [-0.1, -0.05) is 48.0 Å². The van der Waals surface area contributed by atoms with Crippen molar-refractivity contribution in [1.29, 1.82) is 0 Å². The summed E-state index contributed by atoms with van der Waals surface area (Å²) in [7, 11) is 0. The van der Waals surface area contributed by atoms with E-state index in [1.165, 1.54) is 23.9 Å². The molecule has 1 heterocycles. The number of imide groups is 1. The Kier molecular flexibility index (Phi) is 10.1. The molecule has 1 aliphatic rings. The number of hydrogen-bond acceptors (Lipinski definition) is 7. The number of aryl methyl sites for hydroxylation is 1. The lowest BCUT2D eigenvalue weighted by Crippen LogP contribution is -2.31. The highest BCUT2D eigenvalue weighted by Gasteiger charge is 2.40. The van der Waals surface area contributed by atoms with Gasteiger partial charge in [0.15, 0.2) is 0 Å². The molecule has 4 aromatic rings. The molecule has 2 N–H and O–H groups in total. The predicted octanol–water partition coefficient (Wildman–Crippen LogP) is 6.01. The second-order valence-electron chi connectivity index (χ2n) is 10.4. The standard InChI is InChI=1S/C36H31N3O6S/c1-3-45-36(44)26-13-17-28(18-14-26)39-32(40)22-31(35(39)43)46-29-19-15-27(16-20-29)37-34(42)30(21-24-11-9-23(2)10-12-24)38-33(41)25-7-5-4-6-8-25/h4-21,31H,3,22H2,1-2H3,(H,37,42)(H,38,41)/b30-21-.